The first-order valence-corrected chi connectivity index (χ1v) is 7.51. The molecule has 2 heterocycles. The van der Waals surface area contributed by atoms with Gasteiger partial charge in [0, 0.05) is 36.4 Å². The van der Waals surface area contributed by atoms with Gasteiger partial charge in [-0.2, -0.15) is 0 Å². The predicted octanol–water partition coefficient (Wildman–Crippen LogP) is 4.07. The molecule has 0 bridgehead atoms. The fourth-order valence-electron chi connectivity index (χ4n) is 2.77. The van der Waals surface area contributed by atoms with E-state index >= 15 is 0 Å². The van der Waals surface area contributed by atoms with Gasteiger partial charge in [0.05, 0.1) is 0 Å². The number of ether oxygens (including phenoxy) is 1. The molecule has 0 aliphatic heterocycles. The molecule has 23 heavy (non-hydrogen) atoms. The molecule has 116 valence electrons. The second kappa shape index (κ2) is 5.78. The van der Waals surface area contributed by atoms with E-state index in [9.17, 15) is 0 Å². The highest BCUT2D eigenvalue weighted by molar-refractivity contribution is 5.83. The molecule has 0 fully saturated rings. The quantitative estimate of drug-likeness (QED) is 0.583. The molecular formula is C18H17N3O2. The van der Waals surface area contributed by atoms with Crippen LogP contribution in [0.3, 0.4) is 0 Å². The van der Waals surface area contributed by atoms with Crippen molar-refractivity contribution in [3.05, 3.63) is 60.1 Å². The number of hydrogen-bond donors (Lipinski definition) is 2. The number of fused-ring (bicyclic) bond motifs is 2. The van der Waals surface area contributed by atoms with Crippen LogP contribution in [0.1, 0.15) is 11.5 Å². The molecule has 0 aliphatic rings. The van der Waals surface area contributed by atoms with Crippen LogP contribution >= 0.6 is 0 Å². The first kappa shape index (κ1) is 13.8. The van der Waals surface area contributed by atoms with E-state index in [1.165, 1.54) is 10.9 Å². The Morgan fingerprint density at radius 3 is 3.09 bits per heavy atom. The Hall–Kier alpha value is -2.79. The number of methoxy groups -OCH3 is 1. The largest absolute Gasteiger partial charge is 0.438 e. The van der Waals surface area contributed by atoms with Crippen LogP contribution in [0.25, 0.3) is 22.0 Å². The molecule has 2 aromatic carbocycles. The highest BCUT2D eigenvalue weighted by Gasteiger charge is 2.07. The third-order valence-electron chi connectivity index (χ3n) is 3.87. The van der Waals surface area contributed by atoms with Gasteiger partial charge in [0.25, 0.3) is 0 Å². The van der Waals surface area contributed by atoms with Gasteiger partial charge in [-0.1, -0.05) is 12.1 Å². The van der Waals surface area contributed by atoms with Gasteiger partial charge in [-0.25, -0.2) is 4.98 Å². The summed E-state index contributed by atoms with van der Waals surface area (Å²) >= 11 is 0. The highest BCUT2D eigenvalue weighted by Crippen LogP contribution is 2.22. The standard InChI is InChI=1S/C18H17N3O2/c1-22-11-18-21-16-9-13(5-6-17(16)23-18)20-10-12-3-2-4-15-14(12)7-8-19-15/h2-9,19-20H,10-11H2,1H3. The molecule has 4 aromatic rings. The minimum atomic E-state index is 0.382. The minimum absolute atomic E-state index is 0.382. The summed E-state index contributed by atoms with van der Waals surface area (Å²) in [5.41, 5.74) is 5.03. The second-order valence-corrected chi connectivity index (χ2v) is 5.43. The van der Waals surface area contributed by atoms with Gasteiger partial charge >= 0.3 is 0 Å². The summed E-state index contributed by atoms with van der Waals surface area (Å²) in [6, 6.07) is 14.3. The first-order valence-electron chi connectivity index (χ1n) is 7.51. The van der Waals surface area contributed by atoms with Crippen molar-refractivity contribution in [2.24, 2.45) is 0 Å². The highest BCUT2D eigenvalue weighted by atomic mass is 16.5. The average molecular weight is 307 g/mol. The molecule has 5 heteroatoms. The van der Waals surface area contributed by atoms with Crippen LogP contribution in [0.4, 0.5) is 5.69 Å². The molecule has 0 spiro atoms. The molecule has 0 saturated carbocycles. The van der Waals surface area contributed by atoms with Crippen molar-refractivity contribution in [1.82, 2.24) is 9.97 Å². The smallest absolute Gasteiger partial charge is 0.221 e. The Balaban J connectivity index is 1.56. The van der Waals surface area contributed by atoms with Gasteiger partial charge in [-0.3, -0.25) is 0 Å². The number of oxazole rings is 1. The number of nitrogens with zero attached hydrogens (tertiary/aromatic N) is 1. The lowest BCUT2D eigenvalue weighted by atomic mass is 10.1. The monoisotopic (exact) mass is 307 g/mol. The normalized spacial score (nSPS) is 11.3. The van der Waals surface area contributed by atoms with Gasteiger partial charge in [0.15, 0.2) is 5.58 Å². The van der Waals surface area contributed by atoms with Gasteiger partial charge in [0.1, 0.15) is 12.1 Å². The Kier molecular flexibility index (Phi) is 3.48. The number of anilines is 1. The SMILES string of the molecule is COCc1nc2cc(NCc3cccc4[nH]ccc34)ccc2o1. The van der Waals surface area contributed by atoms with Gasteiger partial charge in [0.2, 0.25) is 5.89 Å². The van der Waals surface area contributed by atoms with E-state index in [0.29, 0.717) is 12.5 Å². The van der Waals surface area contributed by atoms with Crippen LogP contribution in [0.5, 0.6) is 0 Å². The van der Waals surface area contributed by atoms with Gasteiger partial charge in [-0.15, -0.1) is 0 Å². The second-order valence-electron chi connectivity index (χ2n) is 5.43. The van der Waals surface area contributed by atoms with Crippen molar-refractivity contribution in [3.8, 4) is 0 Å². The maximum absolute atomic E-state index is 5.61. The first-order chi connectivity index (χ1) is 11.3. The van der Waals surface area contributed by atoms with Gasteiger partial charge < -0.3 is 19.5 Å². The zero-order chi connectivity index (χ0) is 15.6. The summed E-state index contributed by atoms with van der Waals surface area (Å²) in [6.45, 7) is 1.14. The number of hydrogen-bond acceptors (Lipinski definition) is 4. The molecule has 0 radical (unpaired) electrons. The van der Waals surface area contributed by atoms with Gasteiger partial charge in [-0.05, 0) is 35.9 Å². The van der Waals surface area contributed by atoms with Crippen LogP contribution in [-0.2, 0) is 17.9 Å². The van der Waals surface area contributed by atoms with Crippen LogP contribution in [0, 0.1) is 0 Å². The van der Waals surface area contributed by atoms with Crippen LogP contribution in [-0.4, -0.2) is 17.1 Å². The van der Waals surface area contributed by atoms with Crippen molar-refractivity contribution in [2.75, 3.05) is 12.4 Å². The minimum Gasteiger partial charge on any atom is -0.438 e. The fourth-order valence-corrected chi connectivity index (χ4v) is 2.77. The molecule has 5 nitrogen and oxygen atoms in total. The number of aromatic nitrogens is 2. The topological polar surface area (TPSA) is 63.1 Å². The van der Waals surface area contributed by atoms with Crippen LogP contribution in [0.15, 0.2) is 53.1 Å². The molecule has 0 amide bonds. The number of nitrogens with one attached hydrogen (secondary N) is 2. The zero-order valence-electron chi connectivity index (χ0n) is 12.8. The number of rotatable bonds is 5. The third-order valence-corrected chi connectivity index (χ3v) is 3.87. The van der Waals surface area contributed by atoms with Crippen LogP contribution in [0.2, 0.25) is 0 Å². The number of aromatic amines is 1. The fraction of sp³-hybridized carbons (Fsp3) is 0.167. The molecular weight excluding hydrogens is 290 g/mol. The lowest BCUT2D eigenvalue weighted by Crippen LogP contribution is -1.99. The molecule has 4 rings (SSSR count). The van der Waals surface area contributed by atoms with Crippen molar-refractivity contribution < 1.29 is 9.15 Å². The van der Waals surface area contributed by atoms with Crippen LogP contribution < -0.4 is 5.32 Å². The Bertz CT molecular complexity index is 955. The maximum atomic E-state index is 5.61. The molecule has 2 N–H and O–H groups in total. The van der Waals surface area contributed by atoms with Crippen molar-refractivity contribution in [1.29, 1.82) is 0 Å². The third kappa shape index (κ3) is 2.66. The van der Waals surface area contributed by atoms with E-state index in [1.807, 2.05) is 24.4 Å². The van der Waals surface area contributed by atoms with E-state index in [2.05, 4.69) is 39.6 Å². The lowest BCUT2D eigenvalue weighted by molar-refractivity contribution is 0.161. The van der Waals surface area contributed by atoms with E-state index in [0.717, 1.165) is 28.8 Å². The maximum Gasteiger partial charge on any atom is 0.221 e. The van der Waals surface area contributed by atoms with Crippen molar-refractivity contribution >= 4 is 27.7 Å². The summed E-state index contributed by atoms with van der Waals surface area (Å²) in [4.78, 5) is 7.66. The summed E-state index contributed by atoms with van der Waals surface area (Å²) in [6.07, 6.45) is 1.97. The number of H-pyrrole nitrogens is 1. The number of benzene rings is 2. The van der Waals surface area contributed by atoms with E-state index in [4.69, 9.17) is 9.15 Å². The molecule has 0 aliphatic carbocycles. The van der Waals surface area contributed by atoms with Crippen molar-refractivity contribution in [2.45, 2.75) is 13.2 Å². The molecule has 0 saturated heterocycles. The lowest BCUT2D eigenvalue weighted by Gasteiger charge is -2.07. The summed E-state index contributed by atoms with van der Waals surface area (Å²) in [7, 11) is 1.63. The Morgan fingerprint density at radius 2 is 2.17 bits per heavy atom. The van der Waals surface area contributed by atoms with E-state index < -0.39 is 0 Å². The zero-order valence-corrected chi connectivity index (χ0v) is 12.8. The molecule has 0 atom stereocenters. The summed E-state index contributed by atoms with van der Waals surface area (Å²) < 4.78 is 10.7. The van der Waals surface area contributed by atoms with Crippen molar-refractivity contribution in [3.63, 3.8) is 0 Å². The molecule has 0 unspecified atom stereocenters. The summed E-state index contributed by atoms with van der Waals surface area (Å²) in [5, 5.41) is 4.69. The Labute approximate surface area is 133 Å². The summed E-state index contributed by atoms with van der Waals surface area (Å²) in [5.74, 6) is 0.594. The Morgan fingerprint density at radius 1 is 1.22 bits per heavy atom. The van der Waals surface area contributed by atoms with E-state index in [1.54, 1.807) is 7.11 Å². The molecule has 2 aromatic heterocycles. The average Bonchev–Trinajstić information content (AvgIpc) is 3.18. The predicted molar refractivity (Wildman–Crippen MR) is 90.3 cm³/mol. The van der Waals surface area contributed by atoms with E-state index in [-0.39, 0.29) is 0 Å².